The number of amides is 1. The number of ether oxygens (including phenoxy) is 2. The number of rotatable bonds is 7. The lowest BCUT2D eigenvalue weighted by Crippen LogP contribution is -2.32. The highest BCUT2D eigenvalue weighted by Crippen LogP contribution is 2.32. The lowest BCUT2D eigenvalue weighted by Gasteiger charge is -2.24. The van der Waals surface area contributed by atoms with Gasteiger partial charge in [0.1, 0.15) is 11.9 Å². The van der Waals surface area contributed by atoms with Gasteiger partial charge in [0.15, 0.2) is 0 Å². The highest BCUT2D eigenvalue weighted by molar-refractivity contribution is 7.10. The summed E-state index contributed by atoms with van der Waals surface area (Å²) in [4.78, 5) is 14.7. The largest absolute Gasteiger partial charge is 0.484 e. The van der Waals surface area contributed by atoms with Crippen molar-refractivity contribution in [2.45, 2.75) is 19.4 Å². The van der Waals surface area contributed by atoms with Crippen molar-refractivity contribution in [3.05, 3.63) is 64.9 Å². The van der Waals surface area contributed by atoms with Gasteiger partial charge in [-0.25, -0.2) is 4.79 Å². The number of methoxy groups -OCH3 is 1. The molecule has 1 atom stereocenters. The summed E-state index contributed by atoms with van der Waals surface area (Å²) >= 11 is 1.67. The van der Waals surface area contributed by atoms with Crippen molar-refractivity contribution in [2.75, 3.05) is 20.2 Å². The van der Waals surface area contributed by atoms with Crippen molar-refractivity contribution < 1.29 is 14.3 Å². The molecule has 0 fully saturated rings. The Morgan fingerprint density at radius 2 is 1.92 bits per heavy atom. The van der Waals surface area contributed by atoms with Crippen LogP contribution in [0.2, 0.25) is 0 Å². The van der Waals surface area contributed by atoms with Gasteiger partial charge in [-0.2, -0.15) is 0 Å². The molecule has 0 N–H and O–H groups in total. The molecule has 0 aliphatic rings. The number of hydrogen-bond acceptors (Lipinski definition) is 4. The SMILES string of the molecule is CCN(CCC(Oc1cccc2ccccc12)c1cccs1)C(=O)OC. The fourth-order valence-corrected chi connectivity index (χ4v) is 3.76. The zero-order valence-corrected chi connectivity index (χ0v) is 15.9. The van der Waals surface area contributed by atoms with Gasteiger partial charge in [0.25, 0.3) is 0 Å². The molecule has 1 heterocycles. The van der Waals surface area contributed by atoms with E-state index in [1.807, 2.05) is 42.6 Å². The molecule has 0 aliphatic carbocycles. The van der Waals surface area contributed by atoms with Crippen LogP contribution in [0, 0.1) is 0 Å². The zero-order valence-electron chi connectivity index (χ0n) is 15.1. The second-order valence-corrected chi connectivity index (χ2v) is 6.92. The molecular weight excluding hydrogens is 346 g/mol. The molecule has 4 nitrogen and oxygen atoms in total. The van der Waals surface area contributed by atoms with Gasteiger partial charge in [-0.05, 0) is 29.8 Å². The Kier molecular flexibility index (Phi) is 6.12. The summed E-state index contributed by atoms with van der Waals surface area (Å²) in [5, 5.41) is 4.30. The van der Waals surface area contributed by atoms with Crippen LogP contribution < -0.4 is 4.74 Å². The van der Waals surface area contributed by atoms with Gasteiger partial charge >= 0.3 is 6.09 Å². The van der Waals surface area contributed by atoms with Crippen LogP contribution in [0.4, 0.5) is 4.79 Å². The number of hydrogen-bond donors (Lipinski definition) is 0. The van der Waals surface area contributed by atoms with E-state index in [1.54, 1.807) is 16.2 Å². The minimum absolute atomic E-state index is 0.112. The van der Waals surface area contributed by atoms with E-state index in [4.69, 9.17) is 9.47 Å². The molecule has 0 bridgehead atoms. The van der Waals surface area contributed by atoms with E-state index in [1.165, 1.54) is 7.11 Å². The van der Waals surface area contributed by atoms with Crippen molar-refractivity contribution in [2.24, 2.45) is 0 Å². The minimum Gasteiger partial charge on any atom is -0.484 e. The molecule has 3 rings (SSSR count). The van der Waals surface area contributed by atoms with Crippen molar-refractivity contribution >= 4 is 28.2 Å². The van der Waals surface area contributed by atoms with Crippen molar-refractivity contribution in [3.63, 3.8) is 0 Å². The quantitative estimate of drug-likeness (QED) is 0.552. The Morgan fingerprint density at radius 3 is 2.65 bits per heavy atom. The number of carbonyl (C=O) groups is 1. The summed E-state index contributed by atoms with van der Waals surface area (Å²) < 4.78 is 11.3. The maximum absolute atomic E-state index is 11.8. The van der Waals surface area contributed by atoms with E-state index in [0.29, 0.717) is 19.5 Å². The fraction of sp³-hybridized carbons (Fsp3) is 0.286. The molecule has 3 aromatic rings. The molecule has 1 unspecified atom stereocenters. The van der Waals surface area contributed by atoms with E-state index < -0.39 is 0 Å². The summed E-state index contributed by atoms with van der Waals surface area (Å²) in [6.45, 7) is 3.14. The summed E-state index contributed by atoms with van der Waals surface area (Å²) in [5.74, 6) is 0.864. The van der Waals surface area contributed by atoms with Crippen LogP contribution in [0.3, 0.4) is 0 Å². The lowest BCUT2D eigenvalue weighted by molar-refractivity contribution is 0.115. The molecule has 0 saturated carbocycles. The topological polar surface area (TPSA) is 38.8 Å². The standard InChI is InChI=1S/C21H23NO3S/c1-3-22(21(23)24-2)14-13-19(20-12-7-15-26-20)25-18-11-6-9-16-8-4-5-10-17(16)18/h4-12,15,19H,3,13-14H2,1-2H3. The molecule has 26 heavy (non-hydrogen) atoms. The molecule has 0 saturated heterocycles. The Balaban J connectivity index is 1.82. The summed E-state index contributed by atoms with van der Waals surface area (Å²) in [6, 6.07) is 18.4. The lowest BCUT2D eigenvalue weighted by atomic mass is 10.1. The first-order chi connectivity index (χ1) is 12.7. The van der Waals surface area contributed by atoms with Crippen LogP contribution >= 0.6 is 11.3 Å². The number of thiophene rings is 1. The Morgan fingerprint density at radius 1 is 1.12 bits per heavy atom. The molecule has 1 amide bonds. The third-order valence-electron chi connectivity index (χ3n) is 4.36. The van der Waals surface area contributed by atoms with Gasteiger partial charge in [0, 0.05) is 29.8 Å². The smallest absolute Gasteiger partial charge is 0.409 e. The molecular formula is C21H23NO3S. The van der Waals surface area contributed by atoms with Crippen LogP contribution in [-0.4, -0.2) is 31.2 Å². The van der Waals surface area contributed by atoms with Crippen LogP contribution in [0.25, 0.3) is 10.8 Å². The molecule has 136 valence electrons. The van der Waals surface area contributed by atoms with Crippen LogP contribution in [0.5, 0.6) is 5.75 Å². The highest BCUT2D eigenvalue weighted by Gasteiger charge is 2.19. The first-order valence-electron chi connectivity index (χ1n) is 8.73. The Bertz CT molecular complexity index is 842. The molecule has 2 aromatic carbocycles. The average molecular weight is 369 g/mol. The number of carbonyl (C=O) groups excluding carboxylic acids is 1. The predicted molar refractivity (Wildman–Crippen MR) is 106 cm³/mol. The summed E-state index contributed by atoms with van der Waals surface area (Å²) in [7, 11) is 1.41. The number of fused-ring (bicyclic) bond motifs is 1. The number of nitrogens with zero attached hydrogens (tertiary/aromatic N) is 1. The Labute approximate surface area is 158 Å². The Hall–Kier alpha value is -2.53. The van der Waals surface area contributed by atoms with Gasteiger partial charge in [-0.3, -0.25) is 0 Å². The third-order valence-corrected chi connectivity index (χ3v) is 5.32. The van der Waals surface area contributed by atoms with Gasteiger partial charge < -0.3 is 14.4 Å². The van der Waals surface area contributed by atoms with Crippen LogP contribution in [0.15, 0.2) is 60.0 Å². The minimum atomic E-state index is -0.303. The fourth-order valence-electron chi connectivity index (χ4n) is 2.97. The van der Waals surface area contributed by atoms with Crippen LogP contribution in [0.1, 0.15) is 24.3 Å². The van der Waals surface area contributed by atoms with Crippen molar-refractivity contribution in [1.82, 2.24) is 4.90 Å². The molecule has 1 aromatic heterocycles. The summed E-state index contributed by atoms with van der Waals surface area (Å²) in [5.41, 5.74) is 0. The molecule has 0 spiro atoms. The molecule has 0 radical (unpaired) electrons. The maximum atomic E-state index is 11.8. The summed E-state index contributed by atoms with van der Waals surface area (Å²) in [6.07, 6.45) is 0.286. The monoisotopic (exact) mass is 369 g/mol. The van der Waals surface area contributed by atoms with E-state index in [-0.39, 0.29) is 12.2 Å². The van der Waals surface area contributed by atoms with E-state index >= 15 is 0 Å². The van der Waals surface area contributed by atoms with Crippen molar-refractivity contribution in [1.29, 1.82) is 0 Å². The molecule has 5 heteroatoms. The highest BCUT2D eigenvalue weighted by atomic mass is 32.1. The average Bonchev–Trinajstić information content (AvgIpc) is 3.22. The van der Waals surface area contributed by atoms with E-state index in [2.05, 4.69) is 24.3 Å². The van der Waals surface area contributed by atoms with Crippen molar-refractivity contribution in [3.8, 4) is 5.75 Å². The van der Waals surface area contributed by atoms with Gasteiger partial charge in [0.2, 0.25) is 0 Å². The predicted octanol–water partition coefficient (Wildman–Crippen LogP) is 5.50. The van der Waals surface area contributed by atoms with E-state index in [9.17, 15) is 4.79 Å². The van der Waals surface area contributed by atoms with Gasteiger partial charge in [-0.1, -0.05) is 42.5 Å². The first-order valence-corrected chi connectivity index (χ1v) is 9.61. The van der Waals surface area contributed by atoms with E-state index in [0.717, 1.165) is 21.4 Å². The normalized spacial score (nSPS) is 11.9. The third kappa shape index (κ3) is 4.17. The van der Waals surface area contributed by atoms with Gasteiger partial charge in [-0.15, -0.1) is 11.3 Å². The second kappa shape index (κ2) is 8.72. The molecule has 0 aliphatic heterocycles. The maximum Gasteiger partial charge on any atom is 0.409 e. The second-order valence-electron chi connectivity index (χ2n) is 5.94. The zero-order chi connectivity index (χ0) is 18.4. The number of benzene rings is 2. The van der Waals surface area contributed by atoms with Crippen LogP contribution in [-0.2, 0) is 4.74 Å². The van der Waals surface area contributed by atoms with Gasteiger partial charge in [0.05, 0.1) is 7.11 Å². The first kappa shape index (κ1) is 18.3.